The Morgan fingerprint density at radius 1 is 1.31 bits per heavy atom. The molecule has 1 aromatic rings. The van der Waals surface area contributed by atoms with E-state index in [2.05, 4.69) is 26.0 Å². The van der Waals surface area contributed by atoms with Crippen LogP contribution in [0.3, 0.4) is 0 Å². The molecular formula is C14H20O2. The number of aliphatic hydroxyl groups excluding tert-OH is 1. The van der Waals surface area contributed by atoms with Gasteiger partial charge in [0.05, 0.1) is 13.2 Å². The SMILES string of the molecule is COc1ccc(C)cc1C1CCC(O)C1C. The first-order valence-electron chi connectivity index (χ1n) is 5.96. The number of methoxy groups -OCH3 is 1. The summed E-state index contributed by atoms with van der Waals surface area (Å²) in [6.45, 7) is 4.23. The van der Waals surface area contributed by atoms with Crippen LogP contribution < -0.4 is 4.74 Å². The lowest BCUT2D eigenvalue weighted by molar-refractivity contribution is 0.136. The number of aryl methyl sites for hydroxylation is 1. The third-order valence-corrected chi connectivity index (χ3v) is 3.80. The molecule has 16 heavy (non-hydrogen) atoms. The van der Waals surface area contributed by atoms with Crippen molar-refractivity contribution in [1.82, 2.24) is 0 Å². The van der Waals surface area contributed by atoms with Gasteiger partial charge in [-0.3, -0.25) is 0 Å². The molecule has 0 saturated heterocycles. The molecule has 0 bridgehead atoms. The van der Waals surface area contributed by atoms with Crippen LogP contribution in [-0.2, 0) is 0 Å². The van der Waals surface area contributed by atoms with Crippen LogP contribution in [0.5, 0.6) is 5.75 Å². The van der Waals surface area contributed by atoms with E-state index in [4.69, 9.17) is 4.74 Å². The van der Waals surface area contributed by atoms with E-state index >= 15 is 0 Å². The van der Waals surface area contributed by atoms with Gasteiger partial charge in [-0.05, 0) is 43.2 Å². The summed E-state index contributed by atoms with van der Waals surface area (Å²) in [7, 11) is 1.71. The summed E-state index contributed by atoms with van der Waals surface area (Å²) in [5, 5.41) is 9.82. The van der Waals surface area contributed by atoms with Crippen molar-refractivity contribution < 1.29 is 9.84 Å². The highest BCUT2D eigenvalue weighted by atomic mass is 16.5. The molecule has 0 heterocycles. The molecule has 2 nitrogen and oxygen atoms in total. The molecule has 3 unspecified atom stereocenters. The minimum absolute atomic E-state index is 0.157. The largest absolute Gasteiger partial charge is 0.496 e. The number of benzene rings is 1. The predicted octanol–water partition coefficient (Wildman–Crippen LogP) is 2.88. The molecular weight excluding hydrogens is 200 g/mol. The van der Waals surface area contributed by atoms with E-state index in [0.29, 0.717) is 11.8 Å². The average Bonchev–Trinajstić information content (AvgIpc) is 2.60. The zero-order valence-electron chi connectivity index (χ0n) is 10.2. The first-order chi connectivity index (χ1) is 7.63. The van der Waals surface area contributed by atoms with Gasteiger partial charge in [0.2, 0.25) is 0 Å². The van der Waals surface area contributed by atoms with Gasteiger partial charge in [0.25, 0.3) is 0 Å². The molecule has 0 aromatic heterocycles. The molecule has 1 aliphatic carbocycles. The smallest absolute Gasteiger partial charge is 0.122 e. The fraction of sp³-hybridized carbons (Fsp3) is 0.571. The van der Waals surface area contributed by atoms with Crippen molar-refractivity contribution in [1.29, 1.82) is 0 Å². The Hall–Kier alpha value is -1.02. The maximum atomic E-state index is 9.82. The zero-order chi connectivity index (χ0) is 11.7. The van der Waals surface area contributed by atoms with E-state index < -0.39 is 0 Å². The van der Waals surface area contributed by atoms with Gasteiger partial charge in [-0.1, -0.05) is 24.6 Å². The van der Waals surface area contributed by atoms with E-state index in [1.807, 2.05) is 6.07 Å². The topological polar surface area (TPSA) is 29.5 Å². The molecule has 88 valence electrons. The standard InChI is InChI=1S/C14H20O2/c1-9-4-7-14(16-3)12(8-9)11-5-6-13(15)10(11)2/h4,7-8,10-11,13,15H,5-6H2,1-3H3. The summed E-state index contributed by atoms with van der Waals surface area (Å²) in [4.78, 5) is 0. The second-order valence-corrected chi connectivity index (χ2v) is 4.86. The quantitative estimate of drug-likeness (QED) is 0.830. The van der Waals surface area contributed by atoms with Crippen LogP contribution in [0.1, 0.15) is 36.8 Å². The van der Waals surface area contributed by atoms with Crippen LogP contribution in [0.25, 0.3) is 0 Å². The maximum Gasteiger partial charge on any atom is 0.122 e. The van der Waals surface area contributed by atoms with Gasteiger partial charge < -0.3 is 9.84 Å². The molecule has 1 fully saturated rings. The van der Waals surface area contributed by atoms with E-state index in [1.165, 1.54) is 11.1 Å². The van der Waals surface area contributed by atoms with Crippen LogP contribution in [0.4, 0.5) is 0 Å². The van der Waals surface area contributed by atoms with E-state index in [-0.39, 0.29) is 6.10 Å². The molecule has 0 radical (unpaired) electrons. The summed E-state index contributed by atoms with van der Waals surface area (Å²) in [6, 6.07) is 6.29. The minimum atomic E-state index is -0.157. The number of ether oxygens (including phenoxy) is 1. The zero-order valence-corrected chi connectivity index (χ0v) is 10.2. The number of hydrogen-bond donors (Lipinski definition) is 1. The second-order valence-electron chi connectivity index (χ2n) is 4.86. The monoisotopic (exact) mass is 220 g/mol. The Morgan fingerprint density at radius 2 is 2.06 bits per heavy atom. The van der Waals surface area contributed by atoms with Crippen molar-refractivity contribution in [2.45, 2.75) is 38.7 Å². The van der Waals surface area contributed by atoms with Crippen molar-refractivity contribution in [3.05, 3.63) is 29.3 Å². The Labute approximate surface area is 97.3 Å². The van der Waals surface area contributed by atoms with Gasteiger partial charge in [0.1, 0.15) is 5.75 Å². The van der Waals surface area contributed by atoms with Crippen molar-refractivity contribution in [3.8, 4) is 5.75 Å². The highest BCUT2D eigenvalue weighted by Gasteiger charge is 2.33. The maximum absolute atomic E-state index is 9.82. The summed E-state index contributed by atoms with van der Waals surface area (Å²) < 4.78 is 5.41. The fourth-order valence-corrected chi connectivity index (χ4v) is 2.73. The number of aliphatic hydroxyl groups is 1. The highest BCUT2D eigenvalue weighted by Crippen LogP contribution is 2.43. The molecule has 1 saturated carbocycles. The lowest BCUT2D eigenvalue weighted by atomic mass is 9.88. The molecule has 1 aromatic carbocycles. The summed E-state index contributed by atoms with van der Waals surface area (Å²) in [5.41, 5.74) is 2.51. The van der Waals surface area contributed by atoms with Crippen molar-refractivity contribution in [3.63, 3.8) is 0 Å². The summed E-state index contributed by atoms with van der Waals surface area (Å²) >= 11 is 0. The Bertz CT molecular complexity index is 373. The van der Waals surface area contributed by atoms with E-state index in [1.54, 1.807) is 7.11 Å². The Kier molecular flexibility index (Phi) is 3.20. The molecule has 0 spiro atoms. The second kappa shape index (κ2) is 4.46. The molecule has 0 aliphatic heterocycles. The fourth-order valence-electron chi connectivity index (χ4n) is 2.73. The highest BCUT2D eigenvalue weighted by molar-refractivity contribution is 5.40. The van der Waals surface area contributed by atoms with Crippen molar-refractivity contribution in [2.75, 3.05) is 7.11 Å². The predicted molar refractivity (Wildman–Crippen MR) is 64.9 cm³/mol. The normalized spacial score (nSPS) is 29.4. The minimum Gasteiger partial charge on any atom is -0.496 e. The summed E-state index contributed by atoms with van der Waals surface area (Å²) in [5.74, 6) is 1.72. The van der Waals surface area contributed by atoms with Gasteiger partial charge in [0.15, 0.2) is 0 Å². The van der Waals surface area contributed by atoms with Gasteiger partial charge >= 0.3 is 0 Å². The summed E-state index contributed by atoms with van der Waals surface area (Å²) in [6.07, 6.45) is 1.81. The first kappa shape index (κ1) is 11.5. The molecule has 2 heteroatoms. The van der Waals surface area contributed by atoms with Crippen LogP contribution in [0, 0.1) is 12.8 Å². The van der Waals surface area contributed by atoms with Crippen molar-refractivity contribution >= 4 is 0 Å². The van der Waals surface area contributed by atoms with Crippen LogP contribution in [0.15, 0.2) is 18.2 Å². The third-order valence-electron chi connectivity index (χ3n) is 3.80. The van der Waals surface area contributed by atoms with E-state index in [9.17, 15) is 5.11 Å². The molecule has 1 aliphatic rings. The van der Waals surface area contributed by atoms with Crippen LogP contribution >= 0.6 is 0 Å². The van der Waals surface area contributed by atoms with E-state index in [0.717, 1.165) is 18.6 Å². The van der Waals surface area contributed by atoms with Gasteiger partial charge in [-0.2, -0.15) is 0 Å². The third kappa shape index (κ3) is 1.94. The number of hydrogen-bond acceptors (Lipinski definition) is 2. The van der Waals surface area contributed by atoms with Gasteiger partial charge in [0, 0.05) is 0 Å². The molecule has 3 atom stereocenters. The van der Waals surface area contributed by atoms with Crippen molar-refractivity contribution in [2.24, 2.45) is 5.92 Å². The van der Waals surface area contributed by atoms with Gasteiger partial charge in [-0.15, -0.1) is 0 Å². The Balaban J connectivity index is 2.35. The van der Waals surface area contributed by atoms with Crippen LogP contribution in [0.2, 0.25) is 0 Å². The lowest BCUT2D eigenvalue weighted by Crippen LogP contribution is -2.14. The molecule has 1 N–H and O–H groups in total. The first-order valence-corrected chi connectivity index (χ1v) is 5.96. The molecule has 2 rings (SSSR count). The average molecular weight is 220 g/mol. The lowest BCUT2D eigenvalue weighted by Gasteiger charge is -2.20. The Morgan fingerprint density at radius 3 is 2.62 bits per heavy atom. The molecule has 0 amide bonds. The van der Waals surface area contributed by atoms with Crippen LogP contribution in [-0.4, -0.2) is 18.3 Å². The van der Waals surface area contributed by atoms with Gasteiger partial charge in [-0.25, -0.2) is 0 Å². The number of rotatable bonds is 2.